The third kappa shape index (κ3) is 6.98. The van der Waals surface area contributed by atoms with Gasteiger partial charge in [-0.05, 0) is 77.0 Å². The zero-order chi connectivity index (χ0) is 20.6. The number of oxime groups is 1. The zero-order valence-corrected chi connectivity index (χ0v) is 17.5. The van der Waals surface area contributed by atoms with E-state index in [2.05, 4.69) is 16.6 Å². The predicted octanol–water partition coefficient (Wildman–Crippen LogP) is 3.08. The third-order valence-electron chi connectivity index (χ3n) is 4.53. The number of rotatable bonds is 11. The quantitative estimate of drug-likeness (QED) is 0.254. The average Bonchev–Trinajstić information content (AvgIpc) is 3.35. The Labute approximate surface area is 175 Å². The van der Waals surface area contributed by atoms with Crippen LogP contribution in [0.2, 0.25) is 0 Å². The summed E-state index contributed by atoms with van der Waals surface area (Å²) in [7, 11) is 0. The molecule has 1 saturated carbocycles. The maximum absolute atomic E-state index is 13.2. The number of hydrogen-bond donors (Lipinski definition) is 2. The first-order valence-corrected chi connectivity index (χ1v) is 10.7. The van der Waals surface area contributed by atoms with E-state index >= 15 is 0 Å². The Morgan fingerprint density at radius 1 is 1.28 bits per heavy atom. The fourth-order valence-electron chi connectivity index (χ4n) is 3.01. The normalized spacial score (nSPS) is 13.0. The van der Waals surface area contributed by atoms with Gasteiger partial charge in [-0.25, -0.2) is 0 Å². The van der Waals surface area contributed by atoms with Gasteiger partial charge >= 0.3 is 0 Å². The van der Waals surface area contributed by atoms with E-state index < -0.39 is 0 Å². The SMILES string of the molecule is Cc1cc(OCCCON=C(N)N)cc(C(=O)N(Cc2ccsc2)CC2CC2)c1. The molecule has 1 aromatic carbocycles. The minimum Gasteiger partial charge on any atom is -0.493 e. The van der Waals surface area contributed by atoms with Crippen molar-refractivity contribution in [2.24, 2.45) is 22.5 Å². The molecular formula is C21H28N4O3S. The summed E-state index contributed by atoms with van der Waals surface area (Å²) in [6.07, 6.45) is 3.04. The van der Waals surface area contributed by atoms with Gasteiger partial charge in [-0.2, -0.15) is 11.3 Å². The van der Waals surface area contributed by atoms with E-state index in [1.54, 1.807) is 11.3 Å². The Morgan fingerprint density at radius 2 is 2.10 bits per heavy atom. The van der Waals surface area contributed by atoms with Crippen molar-refractivity contribution in [2.75, 3.05) is 19.8 Å². The van der Waals surface area contributed by atoms with Gasteiger partial charge in [0.05, 0.1) is 6.61 Å². The van der Waals surface area contributed by atoms with Gasteiger partial charge in [-0.15, -0.1) is 0 Å². The van der Waals surface area contributed by atoms with E-state index in [0.29, 0.717) is 43.4 Å². The molecule has 0 aliphatic heterocycles. The molecule has 1 aliphatic rings. The first-order chi connectivity index (χ1) is 14.0. The molecule has 7 nitrogen and oxygen atoms in total. The molecule has 3 rings (SSSR count). The Kier molecular flexibility index (Phi) is 7.35. The minimum atomic E-state index is -0.106. The van der Waals surface area contributed by atoms with Crippen molar-refractivity contribution in [3.05, 3.63) is 51.7 Å². The lowest BCUT2D eigenvalue weighted by molar-refractivity contribution is 0.0734. The Bertz CT molecular complexity index is 830. The Balaban J connectivity index is 1.61. The molecule has 0 saturated heterocycles. The van der Waals surface area contributed by atoms with Crippen molar-refractivity contribution >= 4 is 23.2 Å². The van der Waals surface area contributed by atoms with Gasteiger partial charge in [0.15, 0.2) is 0 Å². The van der Waals surface area contributed by atoms with Gasteiger partial charge in [0.25, 0.3) is 5.91 Å². The standard InChI is InChI=1S/C21H28N4O3S/c1-15-9-18(11-19(10-15)27-6-2-7-28-24-21(22)23)20(26)25(12-16-3-4-16)13-17-5-8-29-14-17/h5,8-11,14,16H,2-4,6-7,12-13H2,1H3,(H4,22,23,24). The van der Waals surface area contributed by atoms with Crippen LogP contribution in [0.4, 0.5) is 0 Å². The summed E-state index contributed by atoms with van der Waals surface area (Å²) < 4.78 is 5.80. The number of guanidine groups is 1. The summed E-state index contributed by atoms with van der Waals surface area (Å²) in [6, 6.07) is 7.75. The van der Waals surface area contributed by atoms with Crippen molar-refractivity contribution in [3.63, 3.8) is 0 Å². The fourth-order valence-corrected chi connectivity index (χ4v) is 3.67. The molecule has 1 aliphatic carbocycles. The summed E-state index contributed by atoms with van der Waals surface area (Å²) in [5.41, 5.74) is 13.2. The van der Waals surface area contributed by atoms with Crippen LogP contribution in [0, 0.1) is 12.8 Å². The summed E-state index contributed by atoms with van der Waals surface area (Å²) >= 11 is 1.65. The van der Waals surface area contributed by atoms with E-state index in [1.165, 1.54) is 18.4 Å². The maximum Gasteiger partial charge on any atom is 0.254 e. The number of nitrogens with zero attached hydrogens (tertiary/aromatic N) is 2. The van der Waals surface area contributed by atoms with Crippen molar-refractivity contribution < 1.29 is 14.4 Å². The van der Waals surface area contributed by atoms with Crippen LogP contribution in [0.1, 0.15) is 40.7 Å². The lowest BCUT2D eigenvalue weighted by Gasteiger charge is -2.23. The van der Waals surface area contributed by atoms with Gasteiger partial charge in [-0.3, -0.25) is 4.79 Å². The molecule has 4 N–H and O–H groups in total. The molecule has 1 fully saturated rings. The average molecular weight is 417 g/mol. The van der Waals surface area contributed by atoms with Gasteiger partial charge < -0.3 is 25.9 Å². The van der Waals surface area contributed by atoms with Crippen LogP contribution < -0.4 is 16.2 Å². The molecule has 156 valence electrons. The molecular weight excluding hydrogens is 388 g/mol. The van der Waals surface area contributed by atoms with E-state index in [1.807, 2.05) is 35.4 Å². The number of carbonyl (C=O) groups excluding carboxylic acids is 1. The number of aryl methyl sites for hydroxylation is 1. The van der Waals surface area contributed by atoms with Gasteiger partial charge in [0, 0.05) is 25.1 Å². The number of ether oxygens (including phenoxy) is 1. The van der Waals surface area contributed by atoms with E-state index in [0.717, 1.165) is 12.1 Å². The molecule has 8 heteroatoms. The summed E-state index contributed by atoms with van der Waals surface area (Å²) in [6.45, 7) is 4.21. The topological polar surface area (TPSA) is 103 Å². The Morgan fingerprint density at radius 3 is 2.79 bits per heavy atom. The predicted molar refractivity (Wildman–Crippen MR) is 115 cm³/mol. The van der Waals surface area contributed by atoms with Crippen LogP contribution >= 0.6 is 11.3 Å². The van der Waals surface area contributed by atoms with Gasteiger partial charge in [-0.1, -0.05) is 0 Å². The Hall–Kier alpha value is -2.74. The van der Waals surface area contributed by atoms with Crippen LogP contribution in [0.3, 0.4) is 0 Å². The molecule has 1 aromatic heterocycles. The number of carbonyl (C=O) groups is 1. The number of amides is 1. The van der Waals surface area contributed by atoms with Crippen LogP contribution in [0.5, 0.6) is 5.75 Å². The second-order valence-corrected chi connectivity index (χ2v) is 8.13. The minimum absolute atomic E-state index is 0.0488. The van der Waals surface area contributed by atoms with Gasteiger partial charge in [0.1, 0.15) is 12.4 Å². The van der Waals surface area contributed by atoms with E-state index in [-0.39, 0.29) is 11.9 Å². The smallest absolute Gasteiger partial charge is 0.254 e. The molecule has 29 heavy (non-hydrogen) atoms. The van der Waals surface area contributed by atoms with Crippen molar-refractivity contribution in [1.82, 2.24) is 4.90 Å². The lowest BCUT2D eigenvalue weighted by Crippen LogP contribution is -2.32. The second-order valence-electron chi connectivity index (χ2n) is 7.35. The molecule has 1 amide bonds. The number of thiophene rings is 1. The zero-order valence-electron chi connectivity index (χ0n) is 16.7. The lowest BCUT2D eigenvalue weighted by atomic mass is 10.1. The van der Waals surface area contributed by atoms with E-state index in [4.69, 9.17) is 21.0 Å². The molecule has 0 atom stereocenters. The fraction of sp³-hybridized carbons (Fsp3) is 0.429. The summed E-state index contributed by atoms with van der Waals surface area (Å²) in [5.74, 6) is 1.25. The number of benzene rings is 1. The molecule has 1 heterocycles. The van der Waals surface area contributed by atoms with Crippen molar-refractivity contribution in [1.29, 1.82) is 0 Å². The molecule has 0 radical (unpaired) electrons. The summed E-state index contributed by atoms with van der Waals surface area (Å²) in [4.78, 5) is 20.1. The monoisotopic (exact) mass is 416 g/mol. The van der Waals surface area contributed by atoms with Crippen molar-refractivity contribution in [2.45, 2.75) is 32.7 Å². The maximum atomic E-state index is 13.2. The van der Waals surface area contributed by atoms with E-state index in [9.17, 15) is 4.79 Å². The third-order valence-corrected chi connectivity index (χ3v) is 5.26. The number of hydrogen-bond acceptors (Lipinski definition) is 5. The molecule has 0 bridgehead atoms. The van der Waals surface area contributed by atoms with Crippen LogP contribution in [-0.2, 0) is 11.4 Å². The van der Waals surface area contributed by atoms with Crippen LogP contribution in [-0.4, -0.2) is 36.5 Å². The highest BCUT2D eigenvalue weighted by Crippen LogP contribution is 2.31. The van der Waals surface area contributed by atoms with Crippen molar-refractivity contribution in [3.8, 4) is 5.75 Å². The molecule has 2 aromatic rings. The molecule has 0 spiro atoms. The first kappa shape index (κ1) is 21.0. The highest BCUT2D eigenvalue weighted by Gasteiger charge is 2.27. The number of nitrogens with two attached hydrogens (primary N) is 2. The second kappa shape index (κ2) is 10.2. The largest absolute Gasteiger partial charge is 0.493 e. The highest BCUT2D eigenvalue weighted by molar-refractivity contribution is 7.07. The highest BCUT2D eigenvalue weighted by atomic mass is 32.1. The summed E-state index contributed by atoms with van der Waals surface area (Å²) in [5, 5.41) is 7.61. The van der Waals surface area contributed by atoms with Crippen LogP contribution in [0.25, 0.3) is 0 Å². The van der Waals surface area contributed by atoms with Gasteiger partial charge in [0.2, 0.25) is 5.96 Å². The van der Waals surface area contributed by atoms with Crippen LogP contribution in [0.15, 0.2) is 40.2 Å². The first-order valence-electron chi connectivity index (χ1n) is 9.77. The molecule has 0 unspecified atom stereocenters.